The van der Waals surface area contributed by atoms with Gasteiger partial charge in [0, 0.05) is 0 Å². The van der Waals surface area contributed by atoms with Crippen molar-refractivity contribution in [1.82, 2.24) is 5.32 Å². The van der Waals surface area contributed by atoms with Gasteiger partial charge in [0.15, 0.2) is 18.2 Å². The minimum atomic E-state index is -1.62. The Bertz CT molecular complexity index is 225. The summed E-state index contributed by atoms with van der Waals surface area (Å²) in [6.45, 7) is 0. The van der Waals surface area contributed by atoms with Crippen molar-refractivity contribution >= 4 is 0 Å². The lowest BCUT2D eigenvalue weighted by atomic mass is 9.98. The summed E-state index contributed by atoms with van der Waals surface area (Å²) in [5.74, 6) is 0. The number of aliphatic hydroxyl groups excluding tert-OH is 5. The van der Waals surface area contributed by atoms with Crippen LogP contribution in [0.2, 0.25) is 0 Å². The molecule has 1 spiro atoms. The van der Waals surface area contributed by atoms with Crippen molar-refractivity contribution in [3.05, 3.63) is 0 Å². The molecule has 6 atom stereocenters. The summed E-state index contributed by atoms with van der Waals surface area (Å²) < 4.78 is 4.73. The van der Waals surface area contributed by atoms with Crippen LogP contribution in [0.1, 0.15) is 0 Å². The average molecular weight is 193 g/mol. The van der Waals surface area contributed by atoms with Crippen LogP contribution in [0.4, 0.5) is 0 Å². The lowest BCUT2D eigenvalue weighted by molar-refractivity contribution is -0.299. The van der Waals surface area contributed by atoms with E-state index in [4.69, 9.17) is 20.1 Å². The summed E-state index contributed by atoms with van der Waals surface area (Å²) in [6.07, 6.45) is -7.35. The third-order valence-electron chi connectivity index (χ3n) is 2.41. The molecule has 2 rings (SSSR count). The molecule has 0 amide bonds. The first-order valence-electron chi connectivity index (χ1n) is 3.85. The molecule has 2 heterocycles. The zero-order valence-electron chi connectivity index (χ0n) is 6.53. The van der Waals surface area contributed by atoms with E-state index in [1.165, 1.54) is 0 Å². The average Bonchev–Trinajstić information content (AvgIpc) is 2.71. The standard InChI is InChI=1S/C6H11NO6/c8-1-2(9)4(11)13-6(3(1)10)5(12)7-6/h1-5,7-12H/t1-,2-,3+,4+,5+,6+/m1/s1. The van der Waals surface area contributed by atoms with Gasteiger partial charge in [-0.3, -0.25) is 5.32 Å². The van der Waals surface area contributed by atoms with Crippen LogP contribution in [0.5, 0.6) is 0 Å². The minimum absolute atomic E-state index is 1.14. The second-order valence-electron chi connectivity index (χ2n) is 3.27. The van der Waals surface area contributed by atoms with Crippen LogP contribution in [0, 0.1) is 0 Å². The number of ether oxygens (including phenoxy) is 1. The molecule has 0 bridgehead atoms. The van der Waals surface area contributed by atoms with Gasteiger partial charge in [0.05, 0.1) is 0 Å². The predicted molar refractivity (Wildman–Crippen MR) is 37.0 cm³/mol. The van der Waals surface area contributed by atoms with Crippen LogP contribution in [-0.4, -0.2) is 62.1 Å². The molecule has 7 nitrogen and oxygen atoms in total. The maximum atomic E-state index is 9.36. The fraction of sp³-hybridized carbons (Fsp3) is 1.00. The number of hydrogen-bond donors (Lipinski definition) is 6. The second-order valence-corrected chi connectivity index (χ2v) is 3.27. The number of hydrogen-bond acceptors (Lipinski definition) is 7. The van der Waals surface area contributed by atoms with E-state index in [2.05, 4.69) is 5.32 Å². The predicted octanol–water partition coefficient (Wildman–Crippen LogP) is -3.96. The van der Waals surface area contributed by atoms with Crippen molar-refractivity contribution in [2.45, 2.75) is 36.6 Å². The molecular weight excluding hydrogens is 182 g/mol. The zero-order chi connectivity index (χ0) is 9.80. The van der Waals surface area contributed by atoms with Gasteiger partial charge >= 0.3 is 0 Å². The molecule has 2 aliphatic rings. The normalized spacial score (nSPS) is 61.2. The topological polar surface area (TPSA) is 132 Å². The van der Waals surface area contributed by atoms with Crippen LogP contribution in [-0.2, 0) is 4.74 Å². The Hall–Kier alpha value is -0.280. The SMILES string of the molecule is O[C@@H]1[C@@H](O)[C@H](O)[C@]2(N[C@H]2O)O[C@@H]1O. The number of rotatable bonds is 0. The maximum absolute atomic E-state index is 9.36. The highest BCUT2D eigenvalue weighted by Gasteiger charge is 2.67. The number of nitrogens with one attached hydrogen (secondary N) is 1. The Morgan fingerprint density at radius 2 is 1.54 bits per heavy atom. The third kappa shape index (κ3) is 1.10. The van der Waals surface area contributed by atoms with Gasteiger partial charge in [-0.05, 0) is 0 Å². The first-order chi connectivity index (χ1) is 5.99. The quantitative estimate of drug-likeness (QED) is 0.216. The molecule has 0 radical (unpaired) electrons. The van der Waals surface area contributed by atoms with Crippen molar-refractivity contribution in [2.24, 2.45) is 0 Å². The van der Waals surface area contributed by atoms with Crippen LogP contribution in [0.15, 0.2) is 0 Å². The molecule has 76 valence electrons. The van der Waals surface area contributed by atoms with Crippen molar-refractivity contribution in [2.75, 3.05) is 0 Å². The molecule has 6 N–H and O–H groups in total. The molecule has 0 aromatic heterocycles. The van der Waals surface area contributed by atoms with Crippen molar-refractivity contribution in [1.29, 1.82) is 0 Å². The van der Waals surface area contributed by atoms with Crippen LogP contribution < -0.4 is 5.32 Å². The highest BCUT2D eigenvalue weighted by atomic mass is 16.7. The summed E-state index contributed by atoms with van der Waals surface area (Å²) in [7, 11) is 0. The Kier molecular flexibility index (Phi) is 1.86. The van der Waals surface area contributed by atoms with Crippen LogP contribution in [0.3, 0.4) is 0 Å². The van der Waals surface area contributed by atoms with Gasteiger partial charge in [-0.25, -0.2) is 0 Å². The smallest absolute Gasteiger partial charge is 0.192 e. The van der Waals surface area contributed by atoms with Crippen LogP contribution >= 0.6 is 0 Å². The molecule has 0 aliphatic carbocycles. The molecule has 0 aromatic rings. The molecule has 0 unspecified atom stereocenters. The zero-order valence-corrected chi connectivity index (χ0v) is 6.53. The fourth-order valence-corrected chi connectivity index (χ4v) is 1.47. The minimum Gasteiger partial charge on any atom is -0.387 e. The molecule has 0 aromatic carbocycles. The van der Waals surface area contributed by atoms with Gasteiger partial charge in [0.25, 0.3) is 0 Å². The van der Waals surface area contributed by atoms with E-state index in [0.717, 1.165) is 0 Å². The molecule has 2 saturated heterocycles. The highest BCUT2D eigenvalue weighted by molar-refractivity contribution is 5.11. The molecule has 0 saturated carbocycles. The monoisotopic (exact) mass is 193 g/mol. The molecule has 13 heavy (non-hydrogen) atoms. The van der Waals surface area contributed by atoms with E-state index in [-0.39, 0.29) is 0 Å². The first kappa shape index (κ1) is 9.28. The van der Waals surface area contributed by atoms with E-state index < -0.39 is 36.6 Å². The van der Waals surface area contributed by atoms with Crippen molar-refractivity contribution in [3.8, 4) is 0 Å². The Balaban J connectivity index is 2.17. The van der Waals surface area contributed by atoms with Gasteiger partial charge in [0.2, 0.25) is 0 Å². The van der Waals surface area contributed by atoms with Gasteiger partial charge in [-0.2, -0.15) is 0 Å². The summed E-state index contributed by atoms with van der Waals surface area (Å²) in [5.41, 5.74) is -1.53. The van der Waals surface area contributed by atoms with E-state index in [1.807, 2.05) is 0 Å². The lowest BCUT2D eigenvalue weighted by Gasteiger charge is -2.37. The second kappa shape index (κ2) is 2.61. The van der Waals surface area contributed by atoms with Gasteiger partial charge in [0.1, 0.15) is 18.3 Å². The van der Waals surface area contributed by atoms with Gasteiger partial charge < -0.3 is 30.3 Å². The Morgan fingerprint density at radius 1 is 1.00 bits per heavy atom. The molecular formula is C6H11NO6. The van der Waals surface area contributed by atoms with E-state index >= 15 is 0 Å². The van der Waals surface area contributed by atoms with Crippen molar-refractivity contribution in [3.63, 3.8) is 0 Å². The molecule has 2 aliphatic heterocycles. The van der Waals surface area contributed by atoms with Gasteiger partial charge in [-0.1, -0.05) is 0 Å². The summed E-state index contributed by atoms with van der Waals surface area (Å²) >= 11 is 0. The maximum Gasteiger partial charge on any atom is 0.192 e. The van der Waals surface area contributed by atoms with Crippen molar-refractivity contribution < 1.29 is 30.3 Å². The fourth-order valence-electron chi connectivity index (χ4n) is 1.47. The van der Waals surface area contributed by atoms with E-state index in [9.17, 15) is 10.2 Å². The highest BCUT2D eigenvalue weighted by Crippen LogP contribution is 2.37. The Morgan fingerprint density at radius 3 is 2.00 bits per heavy atom. The Labute approximate surface area is 73.2 Å². The van der Waals surface area contributed by atoms with E-state index in [0.29, 0.717) is 0 Å². The third-order valence-corrected chi connectivity index (χ3v) is 2.41. The summed E-state index contributed by atoms with van der Waals surface area (Å²) in [4.78, 5) is 0. The molecule has 7 heteroatoms. The summed E-state index contributed by atoms with van der Waals surface area (Å²) in [6, 6.07) is 0. The molecule has 2 fully saturated rings. The lowest BCUT2D eigenvalue weighted by Crippen LogP contribution is -2.61. The largest absolute Gasteiger partial charge is 0.387 e. The first-order valence-corrected chi connectivity index (χ1v) is 3.85. The van der Waals surface area contributed by atoms with E-state index in [1.54, 1.807) is 0 Å². The summed E-state index contributed by atoms with van der Waals surface area (Å²) in [5, 5.41) is 48.1. The van der Waals surface area contributed by atoms with Crippen LogP contribution in [0.25, 0.3) is 0 Å². The number of aliphatic hydroxyl groups is 5. The van der Waals surface area contributed by atoms with Gasteiger partial charge in [-0.15, -0.1) is 0 Å².